The van der Waals surface area contributed by atoms with Gasteiger partial charge >= 0.3 is 6.09 Å². The maximum atomic E-state index is 15.2. The first kappa shape index (κ1) is 27.4. The second-order valence-electron chi connectivity index (χ2n) is 11.1. The highest BCUT2D eigenvalue weighted by atomic mass is 19.1. The summed E-state index contributed by atoms with van der Waals surface area (Å²) in [5, 5.41) is 7.71. The second kappa shape index (κ2) is 10.1. The number of H-pyrrole nitrogens is 1. The number of alkyl halides is 1. The number of carbonyl (C=O) groups excluding carboxylic acids is 2. The summed E-state index contributed by atoms with van der Waals surface area (Å²) in [7, 11) is 1.54. The van der Waals surface area contributed by atoms with Crippen LogP contribution in [0.1, 0.15) is 43.7 Å². The van der Waals surface area contributed by atoms with E-state index in [0.717, 1.165) is 0 Å². The number of fused-ring (bicyclic) bond motifs is 2. The van der Waals surface area contributed by atoms with Gasteiger partial charge in [0.25, 0.3) is 5.91 Å². The van der Waals surface area contributed by atoms with E-state index in [1.165, 1.54) is 22.9 Å². The third kappa shape index (κ3) is 4.93. The Kier molecular flexibility index (Phi) is 6.89. The normalized spacial score (nSPS) is 17.6. The Labute approximate surface area is 230 Å². The molecular weight excluding hydrogens is 520 g/mol. The number of aryl methyl sites for hydroxylation is 1. The molecule has 1 saturated heterocycles. The molecule has 5 rings (SSSR count). The number of carbonyl (C=O) groups is 2. The van der Waals surface area contributed by atoms with Gasteiger partial charge in [-0.1, -0.05) is 0 Å². The first-order valence-electron chi connectivity index (χ1n) is 13.2. The second-order valence-corrected chi connectivity index (χ2v) is 11.1. The molecule has 40 heavy (non-hydrogen) atoms. The molecule has 12 heteroatoms. The topological polar surface area (TPSA) is 99.1 Å². The quantitative estimate of drug-likeness (QED) is 0.384. The summed E-state index contributed by atoms with van der Waals surface area (Å²) in [5.74, 6) is -0.870. The molecule has 0 radical (unpaired) electrons. The van der Waals surface area contributed by atoms with E-state index in [4.69, 9.17) is 4.74 Å². The molecule has 1 aromatic carbocycles. The average Bonchev–Trinajstić information content (AvgIpc) is 3.60. The Morgan fingerprint density at radius 3 is 2.67 bits per heavy atom. The van der Waals surface area contributed by atoms with Crippen molar-refractivity contribution in [2.24, 2.45) is 0 Å². The molecule has 0 spiro atoms. The SMILES string of the molecule is CCN(C(=O)c1ccc(N2C[C@@H](N(C)C(=O)OC(C)(C)C)[C@@H](F)C2)c2cn[nH]c12)c1cc(F)c2nc(C)cn2c1. The molecule has 2 atom stereocenters. The number of pyridine rings is 1. The first-order valence-corrected chi connectivity index (χ1v) is 13.2. The third-order valence-electron chi connectivity index (χ3n) is 7.05. The minimum atomic E-state index is -1.30. The maximum Gasteiger partial charge on any atom is 0.410 e. The van der Waals surface area contributed by atoms with E-state index in [1.54, 1.807) is 62.8 Å². The molecule has 0 bridgehead atoms. The van der Waals surface area contributed by atoms with E-state index < -0.39 is 29.7 Å². The van der Waals surface area contributed by atoms with Crippen molar-refractivity contribution in [1.82, 2.24) is 24.5 Å². The molecule has 0 saturated carbocycles. The Hall–Kier alpha value is -4.22. The van der Waals surface area contributed by atoms with Gasteiger partial charge in [-0.05, 0) is 46.8 Å². The van der Waals surface area contributed by atoms with Crippen LogP contribution >= 0.6 is 0 Å². The van der Waals surface area contributed by atoms with Crippen LogP contribution in [0, 0.1) is 12.7 Å². The summed E-state index contributed by atoms with van der Waals surface area (Å²) in [6.45, 7) is 9.47. The van der Waals surface area contributed by atoms with Crippen LogP contribution in [0.4, 0.5) is 25.0 Å². The van der Waals surface area contributed by atoms with Gasteiger partial charge in [-0.25, -0.2) is 18.6 Å². The summed E-state index contributed by atoms with van der Waals surface area (Å²) in [4.78, 5) is 35.1. The maximum absolute atomic E-state index is 15.2. The number of likely N-dealkylation sites (N-methyl/N-ethyl adjacent to an activating group) is 1. The van der Waals surface area contributed by atoms with E-state index >= 15 is 4.39 Å². The molecule has 1 fully saturated rings. The molecule has 212 valence electrons. The molecule has 4 heterocycles. The van der Waals surface area contributed by atoms with Crippen molar-refractivity contribution in [1.29, 1.82) is 0 Å². The van der Waals surface area contributed by atoms with E-state index in [1.807, 2.05) is 11.8 Å². The van der Waals surface area contributed by atoms with Gasteiger partial charge in [0.2, 0.25) is 0 Å². The molecule has 10 nitrogen and oxygen atoms in total. The summed E-state index contributed by atoms with van der Waals surface area (Å²) in [5.41, 5.74) is 2.07. The largest absolute Gasteiger partial charge is 0.444 e. The Bertz CT molecular complexity index is 1590. The van der Waals surface area contributed by atoms with Crippen LogP contribution in [0.5, 0.6) is 0 Å². The molecule has 3 aromatic heterocycles. The number of amides is 2. The average molecular weight is 554 g/mol. The monoisotopic (exact) mass is 553 g/mol. The number of aromatic nitrogens is 4. The summed E-state index contributed by atoms with van der Waals surface area (Å²) >= 11 is 0. The fourth-order valence-corrected chi connectivity index (χ4v) is 5.15. The Morgan fingerprint density at radius 1 is 1.23 bits per heavy atom. The highest BCUT2D eigenvalue weighted by molar-refractivity contribution is 6.15. The molecular formula is C28H33F2N7O3. The Balaban J connectivity index is 1.43. The lowest BCUT2D eigenvalue weighted by Crippen LogP contribution is -2.45. The number of nitrogens with zero attached hydrogens (tertiary/aromatic N) is 6. The van der Waals surface area contributed by atoms with Crippen LogP contribution in [0.3, 0.4) is 0 Å². The van der Waals surface area contributed by atoms with Gasteiger partial charge in [0, 0.05) is 49.7 Å². The number of ether oxygens (including phenoxy) is 1. The zero-order valence-corrected chi connectivity index (χ0v) is 23.4. The van der Waals surface area contributed by atoms with Crippen molar-refractivity contribution in [2.75, 3.05) is 36.5 Å². The number of rotatable bonds is 5. The number of aromatic amines is 1. The van der Waals surface area contributed by atoms with Crippen LogP contribution in [0.25, 0.3) is 16.6 Å². The van der Waals surface area contributed by atoms with Crippen LogP contribution in [-0.2, 0) is 4.74 Å². The predicted molar refractivity (Wildman–Crippen MR) is 148 cm³/mol. The fourth-order valence-electron chi connectivity index (χ4n) is 5.15. The number of nitrogens with one attached hydrogen (secondary N) is 1. The zero-order chi connectivity index (χ0) is 28.9. The molecule has 0 aliphatic carbocycles. The number of hydrogen-bond acceptors (Lipinski definition) is 6. The molecule has 4 aromatic rings. The van der Waals surface area contributed by atoms with E-state index in [9.17, 15) is 14.0 Å². The zero-order valence-electron chi connectivity index (χ0n) is 23.4. The number of anilines is 2. The fraction of sp³-hybridized carbons (Fsp3) is 0.429. The van der Waals surface area contributed by atoms with Crippen molar-refractivity contribution in [3.05, 3.63) is 53.9 Å². The first-order chi connectivity index (χ1) is 18.9. The van der Waals surface area contributed by atoms with Crippen LogP contribution in [0.2, 0.25) is 0 Å². The van der Waals surface area contributed by atoms with Gasteiger partial charge in [-0.3, -0.25) is 9.89 Å². The summed E-state index contributed by atoms with van der Waals surface area (Å²) in [6, 6.07) is 4.01. The van der Waals surface area contributed by atoms with Crippen LogP contribution < -0.4 is 9.80 Å². The molecule has 1 aliphatic rings. The smallest absolute Gasteiger partial charge is 0.410 e. The highest BCUT2D eigenvalue weighted by Gasteiger charge is 2.39. The number of hydrogen-bond donors (Lipinski definition) is 1. The van der Waals surface area contributed by atoms with E-state index in [0.29, 0.717) is 40.1 Å². The lowest BCUT2D eigenvalue weighted by atomic mass is 10.1. The van der Waals surface area contributed by atoms with Crippen LogP contribution in [0.15, 0.2) is 36.8 Å². The minimum absolute atomic E-state index is 0.0656. The van der Waals surface area contributed by atoms with Crippen LogP contribution in [-0.4, -0.2) is 81.0 Å². The summed E-state index contributed by atoms with van der Waals surface area (Å²) < 4.78 is 37.0. The number of benzene rings is 1. The summed E-state index contributed by atoms with van der Waals surface area (Å²) in [6.07, 6.45) is 3.08. The van der Waals surface area contributed by atoms with Gasteiger partial charge in [0.05, 0.1) is 41.2 Å². The van der Waals surface area contributed by atoms with Crippen molar-refractivity contribution >= 4 is 39.9 Å². The van der Waals surface area contributed by atoms with Crippen molar-refractivity contribution in [3.8, 4) is 0 Å². The van der Waals surface area contributed by atoms with E-state index in [-0.39, 0.29) is 24.6 Å². The standard InChI is InChI=1S/C28H33F2N7O3/c1-7-37(17-10-20(29)25-32-16(2)12-36(25)13-17)26(38)18-8-9-22(19-11-31-33-24(18)19)35-14-21(30)23(15-35)34(6)27(39)40-28(3,4)5/h8-13,21,23H,7,14-15H2,1-6H3,(H,31,33)/t21-,23+/m0/s1. The lowest BCUT2D eigenvalue weighted by Gasteiger charge is -2.29. The lowest BCUT2D eigenvalue weighted by molar-refractivity contribution is 0.0183. The Morgan fingerprint density at radius 2 is 1.98 bits per heavy atom. The van der Waals surface area contributed by atoms with Gasteiger partial charge in [0.15, 0.2) is 11.5 Å². The van der Waals surface area contributed by atoms with Crippen molar-refractivity contribution in [2.45, 2.75) is 52.4 Å². The van der Waals surface area contributed by atoms with Crippen molar-refractivity contribution in [3.63, 3.8) is 0 Å². The number of halogens is 2. The third-order valence-corrected chi connectivity index (χ3v) is 7.05. The molecule has 2 amide bonds. The van der Waals surface area contributed by atoms with Gasteiger partial charge in [0.1, 0.15) is 11.8 Å². The molecule has 1 aliphatic heterocycles. The highest BCUT2D eigenvalue weighted by Crippen LogP contribution is 2.34. The van der Waals surface area contributed by atoms with Gasteiger partial charge < -0.3 is 23.8 Å². The molecule has 0 unspecified atom stereocenters. The van der Waals surface area contributed by atoms with Gasteiger partial charge in [-0.15, -0.1) is 0 Å². The van der Waals surface area contributed by atoms with Gasteiger partial charge in [-0.2, -0.15) is 5.10 Å². The predicted octanol–water partition coefficient (Wildman–Crippen LogP) is 4.72. The van der Waals surface area contributed by atoms with Crippen molar-refractivity contribution < 1.29 is 23.1 Å². The minimum Gasteiger partial charge on any atom is -0.444 e. The van der Waals surface area contributed by atoms with E-state index in [2.05, 4.69) is 15.2 Å². The molecule has 1 N–H and O–H groups in total. The number of imidazole rings is 1.